The summed E-state index contributed by atoms with van der Waals surface area (Å²) < 4.78 is 0. The SMILES string of the molecule is CC(C)(C)C1CN(C2CCCSC2)CCN1. The number of thioether (sulfide) groups is 1. The summed E-state index contributed by atoms with van der Waals surface area (Å²) in [6.07, 6.45) is 2.84. The lowest BCUT2D eigenvalue weighted by Crippen LogP contribution is -2.58. The zero-order chi connectivity index (χ0) is 11.6. The van der Waals surface area contributed by atoms with Crippen LogP contribution in [0.4, 0.5) is 0 Å². The fraction of sp³-hybridized carbons (Fsp3) is 1.00. The van der Waals surface area contributed by atoms with Gasteiger partial charge >= 0.3 is 0 Å². The Bertz CT molecular complexity index is 218. The third-order valence-electron chi connectivity index (χ3n) is 3.90. The van der Waals surface area contributed by atoms with Gasteiger partial charge in [0.05, 0.1) is 0 Å². The van der Waals surface area contributed by atoms with Crippen LogP contribution in [0.15, 0.2) is 0 Å². The van der Waals surface area contributed by atoms with Crippen molar-refractivity contribution in [2.75, 3.05) is 31.1 Å². The Morgan fingerprint density at radius 2 is 2.12 bits per heavy atom. The van der Waals surface area contributed by atoms with Crippen LogP contribution in [-0.2, 0) is 0 Å². The van der Waals surface area contributed by atoms with Gasteiger partial charge in [0, 0.05) is 37.5 Å². The lowest BCUT2D eigenvalue weighted by molar-refractivity contribution is 0.101. The molecule has 0 spiro atoms. The van der Waals surface area contributed by atoms with Crippen molar-refractivity contribution < 1.29 is 0 Å². The van der Waals surface area contributed by atoms with Gasteiger partial charge in [0.2, 0.25) is 0 Å². The third kappa shape index (κ3) is 3.14. The molecule has 2 heterocycles. The van der Waals surface area contributed by atoms with Crippen LogP contribution >= 0.6 is 11.8 Å². The molecule has 2 rings (SSSR count). The summed E-state index contributed by atoms with van der Waals surface area (Å²) in [4.78, 5) is 2.73. The molecule has 2 nitrogen and oxygen atoms in total. The molecule has 0 aromatic carbocycles. The van der Waals surface area contributed by atoms with Gasteiger partial charge in [-0.25, -0.2) is 0 Å². The Morgan fingerprint density at radius 3 is 2.75 bits per heavy atom. The second-order valence-corrected chi connectivity index (χ2v) is 7.39. The molecule has 0 saturated carbocycles. The van der Waals surface area contributed by atoms with Gasteiger partial charge in [-0.05, 0) is 24.0 Å². The van der Waals surface area contributed by atoms with Gasteiger partial charge in [-0.2, -0.15) is 11.8 Å². The largest absolute Gasteiger partial charge is 0.311 e. The van der Waals surface area contributed by atoms with E-state index in [0.717, 1.165) is 6.04 Å². The maximum Gasteiger partial charge on any atom is 0.0244 e. The van der Waals surface area contributed by atoms with Crippen molar-refractivity contribution >= 4 is 11.8 Å². The predicted molar refractivity (Wildman–Crippen MR) is 73.2 cm³/mol. The highest BCUT2D eigenvalue weighted by Gasteiger charge is 2.32. The van der Waals surface area contributed by atoms with E-state index in [-0.39, 0.29) is 0 Å². The third-order valence-corrected chi connectivity index (χ3v) is 5.10. The molecule has 0 radical (unpaired) electrons. The van der Waals surface area contributed by atoms with E-state index in [1.807, 2.05) is 0 Å². The summed E-state index contributed by atoms with van der Waals surface area (Å²) in [5, 5.41) is 3.68. The summed E-state index contributed by atoms with van der Waals surface area (Å²) in [5.41, 5.74) is 0.389. The van der Waals surface area contributed by atoms with Crippen LogP contribution in [0.25, 0.3) is 0 Å². The number of nitrogens with zero attached hydrogens (tertiary/aromatic N) is 1. The second kappa shape index (κ2) is 5.28. The zero-order valence-electron chi connectivity index (χ0n) is 11.0. The number of nitrogens with one attached hydrogen (secondary N) is 1. The summed E-state index contributed by atoms with van der Waals surface area (Å²) >= 11 is 2.14. The molecule has 94 valence electrons. The van der Waals surface area contributed by atoms with Crippen LogP contribution in [-0.4, -0.2) is 48.1 Å². The first-order valence-corrected chi connectivity index (χ1v) is 7.78. The van der Waals surface area contributed by atoms with E-state index in [9.17, 15) is 0 Å². The molecule has 0 bridgehead atoms. The summed E-state index contributed by atoms with van der Waals surface area (Å²) in [6, 6.07) is 1.51. The first kappa shape index (κ1) is 12.7. The average molecular weight is 242 g/mol. The van der Waals surface area contributed by atoms with E-state index in [4.69, 9.17) is 0 Å². The highest BCUT2D eigenvalue weighted by atomic mass is 32.2. The Kier molecular flexibility index (Phi) is 4.20. The molecule has 0 aromatic rings. The Hall–Kier alpha value is 0.270. The van der Waals surface area contributed by atoms with Crippen molar-refractivity contribution in [3.63, 3.8) is 0 Å². The van der Waals surface area contributed by atoms with Crippen LogP contribution in [0.1, 0.15) is 33.6 Å². The zero-order valence-corrected chi connectivity index (χ0v) is 11.8. The average Bonchev–Trinajstić information content (AvgIpc) is 2.29. The monoisotopic (exact) mass is 242 g/mol. The van der Waals surface area contributed by atoms with E-state index in [1.54, 1.807) is 0 Å². The van der Waals surface area contributed by atoms with Gasteiger partial charge in [0.1, 0.15) is 0 Å². The Morgan fingerprint density at radius 1 is 1.31 bits per heavy atom. The molecule has 2 fully saturated rings. The fourth-order valence-corrected chi connectivity index (χ4v) is 3.88. The number of hydrogen-bond donors (Lipinski definition) is 1. The van der Waals surface area contributed by atoms with Crippen LogP contribution in [0.3, 0.4) is 0 Å². The first-order valence-electron chi connectivity index (χ1n) is 6.62. The molecule has 0 amide bonds. The molecule has 3 heteroatoms. The standard InChI is InChI=1S/C13H26N2S/c1-13(2,3)12-9-15(7-6-14-12)11-5-4-8-16-10-11/h11-12,14H,4-10H2,1-3H3. The molecule has 2 unspecified atom stereocenters. The molecule has 2 aliphatic rings. The van der Waals surface area contributed by atoms with E-state index in [1.165, 1.54) is 44.0 Å². The molecular weight excluding hydrogens is 216 g/mol. The molecule has 1 N–H and O–H groups in total. The highest BCUT2D eigenvalue weighted by Crippen LogP contribution is 2.26. The Labute approximate surface area is 105 Å². The normalized spacial score (nSPS) is 33.9. The molecule has 2 aliphatic heterocycles. The van der Waals surface area contributed by atoms with E-state index in [0.29, 0.717) is 11.5 Å². The molecule has 0 aliphatic carbocycles. The predicted octanol–water partition coefficient (Wildman–Crippen LogP) is 2.20. The minimum Gasteiger partial charge on any atom is -0.311 e. The van der Waals surface area contributed by atoms with Gasteiger partial charge < -0.3 is 5.32 Å². The van der Waals surface area contributed by atoms with E-state index in [2.05, 4.69) is 42.7 Å². The molecule has 2 atom stereocenters. The summed E-state index contributed by atoms with van der Waals surface area (Å²) in [7, 11) is 0. The maximum atomic E-state index is 3.68. The van der Waals surface area contributed by atoms with Crippen LogP contribution in [0.2, 0.25) is 0 Å². The molecule has 0 aromatic heterocycles. The van der Waals surface area contributed by atoms with E-state index < -0.39 is 0 Å². The molecular formula is C13H26N2S. The smallest absolute Gasteiger partial charge is 0.0244 e. The van der Waals surface area contributed by atoms with Gasteiger partial charge in [0.25, 0.3) is 0 Å². The van der Waals surface area contributed by atoms with Crippen molar-refractivity contribution in [3.8, 4) is 0 Å². The first-order chi connectivity index (χ1) is 7.57. The van der Waals surface area contributed by atoms with Gasteiger partial charge in [-0.1, -0.05) is 20.8 Å². The minimum atomic E-state index is 0.389. The van der Waals surface area contributed by atoms with Crippen LogP contribution in [0, 0.1) is 5.41 Å². The topological polar surface area (TPSA) is 15.3 Å². The summed E-state index contributed by atoms with van der Waals surface area (Å²) in [5.74, 6) is 2.74. The maximum absolute atomic E-state index is 3.68. The van der Waals surface area contributed by atoms with E-state index >= 15 is 0 Å². The van der Waals surface area contributed by atoms with Gasteiger partial charge in [0.15, 0.2) is 0 Å². The minimum absolute atomic E-state index is 0.389. The highest BCUT2D eigenvalue weighted by molar-refractivity contribution is 7.99. The molecule has 16 heavy (non-hydrogen) atoms. The second-order valence-electron chi connectivity index (χ2n) is 6.24. The van der Waals surface area contributed by atoms with Gasteiger partial charge in [-0.3, -0.25) is 4.90 Å². The molecule has 2 saturated heterocycles. The number of hydrogen-bond acceptors (Lipinski definition) is 3. The quantitative estimate of drug-likeness (QED) is 0.759. The van der Waals surface area contributed by atoms with Gasteiger partial charge in [-0.15, -0.1) is 0 Å². The lowest BCUT2D eigenvalue weighted by atomic mass is 9.85. The number of rotatable bonds is 1. The van der Waals surface area contributed by atoms with Crippen molar-refractivity contribution in [1.82, 2.24) is 10.2 Å². The lowest BCUT2D eigenvalue weighted by Gasteiger charge is -2.44. The fourth-order valence-electron chi connectivity index (χ4n) is 2.70. The van der Waals surface area contributed by atoms with Crippen LogP contribution in [0.5, 0.6) is 0 Å². The van der Waals surface area contributed by atoms with Crippen molar-refractivity contribution in [2.45, 2.75) is 45.7 Å². The Balaban J connectivity index is 1.90. The van der Waals surface area contributed by atoms with Crippen molar-refractivity contribution in [1.29, 1.82) is 0 Å². The van der Waals surface area contributed by atoms with Crippen molar-refractivity contribution in [2.24, 2.45) is 5.41 Å². The van der Waals surface area contributed by atoms with Crippen LogP contribution < -0.4 is 5.32 Å². The number of piperazine rings is 1. The summed E-state index contributed by atoms with van der Waals surface area (Å²) in [6.45, 7) is 10.7. The van der Waals surface area contributed by atoms with Crippen molar-refractivity contribution in [3.05, 3.63) is 0 Å².